The van der Waals surface area contributed by atoms with E-state index >= 15 is 0 Å². The summed E-state index contributed by atoms with van der Waals surface area (Å²) < 4.78 is 10.2. The first-order valence-corrected chi connectivity index (χ1v) is 8.33. The number of nitrogens with one attached hydrogen (secondary N) is 1. The van der Waals surface area contributed by atoms with Gasteiger partial charge >= 0.3 is 5.97 Å². The fraction of sp³-hybridized carbons (Fsp3) is 0.211. The van der Waals surface area contributed by atoms with Crippen molar-refractivity contribution >= 4 is 34.9 Å². The third-order valence-corrected chi connectivity index (χ3v) is 4.39. The molecule has 0 spiro atoms. The Kier molecular flexibility index (Phi) is 5.23. The molecule has 2 aromatic carbocycles. The number of fused-ring (bicyclic) bond motifs is 1. The predicted octanol–water partition coefficient (Wildman–Crippen LogP) is 3.27. The molecule has 0 heterocycles. The fourth-order valence-corrected chi connectivity index (χ4v) is 2.95. The zero-order valence-electron chi connectivity index (χ0n) is 14.0. The molecular formula is C19H16ClNO5. The Bertz CT molecular complexity index is 893. The molecule has 0 fully saturated rings. The molecule has 0 aromatic heterocycles. The molecule has 6 nitrogen and oxygen atoms in total. The number of methoxy groups -OCH3 is 1. The second-order valence-electron chi connectivity index (χ2n) is 5.73. The highest BCUT2D eigenvalue weighted by molar-refractivity contribution is 6.33. The first-order chi connectivity index (χ1) is 12.5. The summed E-state index contributed by atoms with van der Waals surface area (Å²) >= 11 is 6.05. The standard InChI is InChI=1S/C19H16ClNO5/c1-25-19(24)11-5-7-14(20)15(9-11)21-18(23)10-26-17-4-2-3-12-13(17)6-8-16(12)22/h2-5,7,9H,6,8,10H2,1H3,(H,21,23). The van der Waals surface area contributed by atoms with E-state index in [0.29, 0.717) is 24.2 Å². The van der Waals surface area contributed by atoms with E-state index in [1.54, 1.807) is 18.2 Å². The third kappa shape index (κ3) is 3.70. The Morgan fingerprint density at radius 3 is 2.77 bits per heavy atom. The highest BCUT2D eigenvalue weighted by Crippen LogP contribution is 2.30. The number of ether oxygens (including phenoxy) is 2. The minimum absolute atomic E-state index is 0.0845. The van der Waals surface area contributed by atoms with Gasteiger partial charge in [0.25, 0.3) is 5.91 Å². The van der Waals surface area contributed by atoms with E-state index in [9.17, 15) is 14.4 Å². The number of carbonyl (C=O) groups excluding carboxylic acids is 3. The summed E-state index contributed by atoms with van der Waals surface area (Å²) in [6.07, 6.45) is 1.07. The highest BCUT2D eigenvalue weighted by Gasteiger charge is 2.23. The first kappa shape index (κ1) is 17.9. The smallest absolute Gasteiger partial charge is 0.337 e. The average Bonchev–Trinajstić information content (AvgIpc) is 3.03. The molecule has 1 aliphatic rings. The van der Waals surface area contributed by atoms with Crippen molar-refractivity contribution in [2.45, 2.75) is 12.8 Å². The van der Waals surface area contributed by atoms with Crippen molar-refractivity contribution in [2.75, 3.05) is 19.0 Å². The number of anilines is 1. The lowest BCUT2D eigenvalue weighted by atomic mass is 10.1. The Labute approximate surface area is 155 Å². The van der Waals surface area contributed by atoms with Crippen LogP contribution in [0.5, 0.6) is 5.75 Å². The van der Waals surface area contributed by atoms with Gasteiger partial charge in [-0.3, -0.25) is 9.59 Å². The van der Waals surface area contributed by atoms with Gasteiger partial charge in [0.2, 0.25) is 0 Å². The number of halogens is 1. The molecule has 0 radical (unpaired) electrons. The molecule has 1 aliphatic carbocycles. The average molecular weight is 374 g/mol. The highest BCUT2D eigenvalue weighted by atomic mass is 35.5. The number of ketones is 1. The number of carbonyl (C=O) groups is 3. The van der Waals surface area contributed by atoms with Gasteiger partial charge in [0.1, 0.15) is 5.75 Å². The van der Waals surface area contributed by atoms with E-state index in [2.05, 4.69) is 10.1 Å². The van der Waals surface area contributed by atoms with Crippen LogP contribution in [0, 0.1) is 0 Å². The summed E-state index contributed by atoms with van der Waals surface area (Å²) in [5.41, 5.74) is 2.04. The summed E-state index contributed by atoms with van der Waals surface area (Å²) in [7, 11) is 1.27. The van der Waals surface area contributed by atoms with E-state index in [4.69, 9.17) is 16.3 Å². The third-order valence-electron chi connectivity index (χ3n) is 4.06. The Hall–Kier alpha value is -2.86. The number of esters is 1. The SMILES string of the molecule is COC(=O)c1ccc(Cl)c(NC(=O)COc2cccc3c2CCC3=O)c1. The number of hydrogen-bond donors (Lipinski definition) is 1. The summed E-state index contributed by atoms with van der Waals surface area (Å²) in [6.45, 7) is -0.247. The van der Waals surface area contributed by atoms with E-state index < -0.39 is 11.9 Å². The van der Waals surface area contributed by atoms with Gasteiger partial charge < -0.3 is 14.8 Å². The minimum atomic E-state index is -0.530. The van der Waals surface area contributed by atoms with Crippen LogP contribution in [0.2, 0.25) is 5.02 Å². The molecule has 1 N–H and O–H groups in total. The Morgan fingerprint density at radius 1 is 1.19 bits per heavy atom. The van der Waals surface area contributed by atoms with Gasteiger partial charge in [-0.2, -0.15) is 0 Å². The molecule has 0 unspecified atom stereocenters. The van der Waals surface area contributed by atoms with E-state index in [-0.39, 0.29) is 28.7 Å². The molecular weight excluding hydrogens is 358 g/mol. The van der Waals surface area contributed by atoms with Gasteiger partial charge in [-0.25, -0.2) is 4.79 Å². The van der Waals surface area contributed by atoms with Crippen LogP contribution < -0.4 is 10.1 Å². The van der Waals surface area contributed by atoms with Gasteiger partial charge in [0.15, 0.2) is 12.4 Å². The number of hydrogen-bond acceptors (Lipinski definition) is 5. The molecule has 0 atom stereocenters. The zero-order chi connectivity index (χ0) is 18.7. The normalized spacial score (nSPS) is 12.5. The minimum Gasteiger partial charge on any atom is -0.483 e. The molecule has 0 bridgehead atoms. The summed E-state index contributed by atoms with van der Waals surface area (Å²) in [5.74, 6) is -0.354. The maximum absolute atomic E-state index is 12.2. The van der Waals surface area contributed by atoms with Crippen molar-refractivity contribution in [1.29, 1.82) is 0 Å². The van der Waals surface area contributed by atoms with Gasteiger partial charge in [0.05, 0.1) is 23.4 Å². The molecule has 7 heteroatoms. The lowest BCUT2D eigenvalue weighted by Crippen LogP contribution is -2.21. The first-order valence-electron chi connectivity index (χ1n) is 7.95. The Balaban J connectivity index is 1.67. The van der Waals surface area contributed by atoms with E-state index in [1.165, 1.54) is 25.3 Å². The van der Waals surface area contributed by atoms with Crippen LogP contribution in [0.1, 0.15) is 32.7 Å². The van der Waals surface area contributed by atoms with Crippen molar-refractivity contribution in [3.05, 3.63) is 58.1 Å². The summed E-state index contributed by atoms with van der Waals surface area (Å²) in [4.78, 5) is 35.5. The number of rotatable bonds is 5. The van der Waals surface area contributed by atoms with Crippen LogP contribution in [0.15, 0.2) is 36.4 Å². The molecule has 3 rings (SSSR count). The van der Waals surface area contributed by atoms with Crippen LogP contribution in [-0.2, 0) is 16.0 Å². The van der Waals surface area contributed by atoms with Crippen LogP contribution in [0.4, 0.5) is 5.69 Å². The topological polar surface area (TPSA) is 81.7 Å². The van der Waals surface area contributed by atoms with E-state index in [0.717, 1.165) is 5.56 Å². The van der Waals surface area contributed by atoms with Gasteiger partial charge in [0, 0.05) is 17.5 Å². The second-order valence-corrected chi connectivity index (χ2v) is 6.14. The largest absolute Gasteiger partial charge is 0.483 e. The van der Waals surface area contributed by atoms with Gasteiger partial charge in [-0.1, -0.05) is 23.7 Å². The monoisotopic (exact) mass is 373 g/mol. The molecule has 2 aromatic rings. The lowest BCUT2D eigenvalue weighted by molar-refractivity contribution is -0.118. The van der Waals surface area contributed by atoms with Gasteiger partial charge in [-0.05, 0) is 30.7 Å². The molecule has 0 saturated heterocycles. The van der Waals surface area contributed by atoms with Gasteiger partial charge in [-0.15, -0.1) is 0 Å². The van der Waals surface area contributed by atoms with Crippen molar-refractivity contribution < 1.29 is 23.9 Å². The van der Waals surface area contributed by atoms with Crippen LogP contribution >= 0.6 is 11.6 Å². The zero-order valence-corrected chi connectivity index (χ0v) is 14.8. The van der Waals surface area contributed by atoms with Crippen LogP contribution in [-0.4, -0.2) is 31.4 Å². The number of amides is 1. The lowest BCUT2D eigenvalue weighted by Gasteiger charge is -2.12. The predicted molar refractivity (Wildman–Crippen MR) is 96.0 cm³/mol. The van der Waals surface area contributed by atoms with Crippen molar-refractivity contribution in [3.8, 4) is 5.75 Å². The second kappa shape index (κ2) is 7.58. The molecule has 26 heavy (non-hydrogen) atoms. The van der Waals surface area contributed by atoms with Crippen molar-refractivity contribution in [1.82, 2.24) is 0 Å². The fourth-order valence-electron chi connectivity index (χ4n) is 2.79. The molecule has 1 amide bonds. The van der Waals surface area contributed by atoms with Crippen LogP contribution in [0.3, 0.4) is 0 Å². The molecule has 0 aliphatic heterocycles. The van der Waals surface area contributed by atoms with Crippen LogP contribution in [0.25, 0.3) is 0 Å². The number of benzene rings is 2. The Morgan fingerprint density at radius 2 is 2.00 bits per heavy atom. The molecule has 134 valence electrons. The van der Waals surface area contributed by atoms with E-state index in [1.807, 2.05) is 0 Å². The summed E-state index contributed by atoms with van der Waals surface area (Å²) in [5, 5.41) is 2.89. The maximum atomic E-state index is 12.2. The molecule has 0 saturated carbocycles. The van der Waals surface area contributed by atoms with Crippen molar-refractivity contribution in [3.63, 3.8) is 0 Å². The summed E-state index contributed by atoms with van der Waals surface area (Å²) in [6, 6.07) is 9.66. The quantitative estimate of drug-likeness (QED) is 0.813. The maximum Gasteiger partial charge on any atom is 0.337 e. The van der Waals surface area contributed by atoms with Crippen molar-refractivity contribution in [2.24, 2.45) is 0 Å². The number of Topliss-reactive ketones (excluding diaryl/α,β-unsaturated/α-hetero) is 1.